The Balaban J connectivity index is 2.52. The van der Waals surface area contributed by atoms with Crippen LogP contribution in [0.3, 0.4) is 0 Å². The van der Waals surface area contributed by atoms with Gasteiger partial charge in [-0.3, -0.25) is 0 Å². The van der Waals surface area contributed by atoms with Crippen LogP contribution in [0.5, 0.6) is 5.75 Å². The Morgan fingerprint density at radius 3 is 1.95 bits per heavy atom. The lowest BCUT2D eigenvalue weighted by Gasteiger charge is -2.07. The van der Waals surface area contributed by atoms with Gasteiger partial charge in [-0.15, -0.1) is 0 Å². The first-order chi connectivity index (χ1) is 8.97. The summed E-state index contributed by atoms with van der Waals surface area (Å²) in [5.74, 6) is 0.0404. The molecule has 3 nitrogen and oxygen atoms in total. The van der Waals surface area contributed by atoms with Gasteiger partial charge in [0.25, 0.3) is 0 Å². The van der Waals surface area contributed by atoms with Gasteiger partial charge < -0.3 is 5.11 Å². The Bertz CT molecular complexity index is 839. The van der Waals surface area contributed by atoms with Gasteiger partial charge in [0.1, 0.15) is 11.0 Å². The standard InChI is InChI=1S/C12H4Br2Cl2N2O/c13-4-1-5(14)12(19)11-10(4)17-8-2-6(15)7(16)3-9(8)18-11/h1-3,19H. The summed E-state index contributed by atoms with van der Waals surface area (Å²) in [7, 11) is 0. The zero-order valence-corrected chi connectivity index (χ0v) is 13.8. The van der Waals surface area contributed by atoms with Gasteiger partial charge in [0, 0.05) is 4.47 Å². The molecule has 0 amide bonds. The predicted molar refractivity (Wildman–Crippen MR) is 84.1 cm³/mol. The van der Waals surface area contributed by atoms with E-state index in [0.29, 0.717) is 36.6 Å². The van der Waals surface area contributed by atoms with Gasteiger partial charge in [-0.05, 0) is 50.1 Å². The molecule has 3 aromatic rings. The quantitative estimate of drug-likeness (QED) is 0.499. The number of hydrogen-bond donors (Lipinski definition) is 1. The second kappa shape index (κ2) is 4.74. The third kappa shape index (κ3) is 2.18. The summed E-state index contributed by atoms with van der Waals surface area (Å²) in [5.41, 5.74) is 2.14. The number of nitrogens with zero attached hydrogens (tertiary/aromatic N) is 2. The summed E-state index contributed by atoms with van der Waals surface area (Å²) in [6.07, 6.45) is 0. The monoisotopic (exact) mass is 420 g/mol. The third-order valence-corrected chi connectivity index (χ3v) is 4.57. The fraction of sp³-hybridized carbons (Fsp3) is 0. The van der Waals surface area contributed by atoms with Crippen molar-refractivity contribution in [2.75, 3.05) is 0 Å². The van der Waals surface area contributed by atoms with Crippen LogP contribution in [0.2, 0.25) is 10.0 Å². The lowest BCUT2D eigenvalue weighted by Crippen LogP contribution is -1.90. The molecule has 0 aliphatic heterocycles. The number of phenols is 1. The number of aromatic hydroxyl groups is 1. The fourth-order valence-electron chi connectivity index (χ4n) is 1.74. The van der Waals surface area contributed by atoms with Crippen molar-refractivity contribution in [3.63, 3.8) is 0 Å². The minimum Gasteiger partial charge on any atom is -0.504 e. The maximum Gasteiger partial charge on any atom is 0.157 e. The van der Waals surface area contributed by atoms with E-state index < -0.39 is 0 Å². The van der Waals surface area contributed by atoms with Crippen LogP contribution in [0, 0.1) is 0 Å². The number of benzene rings is 2. The Labute approximate surface area is 134 Å². The van der Waals surface area contributed by atoms with E-state index in [4.69, 9.17) is 23.2 Å². The van der Waals surface area contributed by atoms with Crippen molar-refractivity contribution in [2.24, 2.45) is 0 Å². The molecular weight excluding hydrogens is 419 g/mol. The Morgan fingerprint density at radius 1 is 0.842 bits per heavy atom. The molecule has 0 saturated heterocycles. The molecule has 0 spiro atoms. The van der Waals surface area contributed by atoms with Gasteiger partial charge in [0.05, 0.1) is 25.6 Å². The molecule has 1 heterocycles. The summed E-state index contributed by atoms with van der Waals surface area (Å²) in [4.78, 5) is 8.83. The number of aromatic nitrogens is 2. The Morgan fingerprint density at radius 2 is 1.37 bits per heavy atom. The summed E-state index contributed by atoms with van der Waals surface area (Å²) in [6.45, 7) is 0. The molecule has 0 radical (unpaired) electrons. The van der Waals surface area contributed by atoms with Crippen LogP contribution in [0.1, 0.15) is 0 Å². The Kier molecular flexibility index (Phi) is 3.33. The van der Waals surface area contributed by atoms with Crippen molar-refractivity contribution in [3.05, 3.63) is 37.2 Å². The molecule has 2 aromatic carbocycles. The topological polar surface area (TPSA) is 46.0 Å². The highest BCUT2D eigenvalue weighted by Gasteiger charge is 2.13. The molecule has 7 heteroatoms. The fourth-order valence-corrected chi connectivity index (χ4v) is 3.29. The van der Waals surface area contributed by atoms with E-state index in [1.54, 1.807) is 18.2 Å². The first-order valence-corrected chi connectivity index (χ1v) is 7.45. The lowest BCUT2D eigenvalue weighted by atomic mass is 10.2. The molecule has 0 atom stereocenters. The second-order valence-electron chi connectivity index (χ2n) is 3.86. The highest BCUT2D eigenvalue weighted by Crippen LogP contribution is 2.37. The van der Waals surface area contributed by atoms with Crippen LogP contribution in [0.4, 0.5) is 0 Å². The molecule has 0 fully saturated rings. The minimum absolute atomic E-state index is 0.0404. The van der Waals surface area contributed by atoms with E-state index in [0.717, 1.165) is 4.47 Å². The van der Waals surface area contributed by atoms with E-state index in [1.807, 2.05) is 0 Å². The SMILES string of the molecule is Oc1c(Br)cc(Br)c2nc3cc(Cl)c(Cl)cc3nc12. The molecular formula is C12H4Br2Cl2N2O. The van der Waals surface area contributed by atoms with Crippen molar-refractivity contribution in [3.8, 4) is 5.75 Å². The van der Waals surface area contributed by atoms with Gasteiger partial charge in [0.15, 0.2) is 5.75 Å². The molecule has 19 heavy (non-hydrogen) atoms. The van der Waals surface area contributed by atoms with Gasteiger partial charge in [-0.2, -0.15) is 0 Å². The largest absolute Gasteiger partial charge is 0.504 e. The summed E-state index contributed by atoms with van der Waals surface area (Å²) in [5, 5.41) is 10.9. The Hall–Kier alpha value is -0.620. The number of hydrogen-bond acceptors (Lipinski definition) is 3. The van der Waals surface area contributed by atoms with Crippen LogP contribution in [0.15, 0.2) is 27.1 Å². The number of phenolic OH excluding ortho intramolecular Hbond substituents is 1. The average molecular weight is 423 g/mol. The molecule has 0 aliphatic carbocycles. The van der Waals surface area contributed by atoms with Crippen LogP contribution in [-0.4, -0.2) is 15.1 Å². The number of halogens is 4. The van der Waals surface area contributed by atoms with Crippen molar-refractivity contribution < 1.29 is 5.11 Å². The van der Waals surface area contributed by atoms with Crippen LogP contribution in [-0.2, 0) is 0 Å². The maximum atomic E-state index is 10.0. The first-order valence-electron chi connectivity index (χ1n) is 5.11. The van der Waals surface area contributed by atoms with Crippen LogP contribution < -0.4 is 0 Å². The zero-order chi connectivity index (χ0) is 13.7. The predicted octanol–water partition coefficient (Wildman–Crippen LogP) is 5.32. The van der Waals surface area contributed by atoms with Crippen LogP contribution >= 0.6 is 55.1 Å². The van der Waals surface area contributed by atoms with E-state index in [2.05, 4.69) is 41.8 Å². The van der Waals surface area contributed by atoms with Gasteiger partial charge in [-0.25, -0.2) is 9.97 Å². The summed E-state index contributed by atoms with van der Waals surface area (Å²) >= 11 is 18.6. The normalized spacial score (nSPS) is 11.4. The number of rotatable bonds is 0. The van der Waals surface area contributed by atoms with Crippen LogP contribution in [0.25, 0.3) is 22.1 Å². The average Bonchev–Trinajstić information content (AvgIpc) is 2.36. The van der Waals surface area contributed by atoms with E-state index in [1.165, 1.54) is 0 Å². The highest BCUT2D eigenvalue weighted by atomic mass is 79.9. The van der Waals surface area contributed by atoms with Crippen molar-refractivity contribution >= 4 is 77.1 Å². The molecule has 0 bridgehead atoms. The lowest BCUT2D eigenvalue weighted by molar-refractivity contribution is 0.477. The molecule has 0 saturated carbocycles. The third-order valence-electron chi connectivity index (χ3n) is 2.64. The van der Waals surface area contributed by atoms with Gasteiger partial charge >= 0.3 is 0 Å². The zero-order valence-electron chi connectivity index (χ0n) is 9.09. The molecule has 1 N–H and O–H groups in total. The smallest absolute Gasteiger partial charge is 0.157 e. The van der Waals surface area contributed by atoms with Gasteiger partial charge in [-0.1, -0.05) is 23.2 Å². The highest BCUT2D eigenvalue weighted by molar-refractivity contribution is 9.11. The van der Waals surface area contributed by atoms with Crippen molar-refractivity contribution in [1.29, 1.82) is 0 Å². The van der Waals surface area contributed by atoms with E-state index in [-0.39, 0.29) is 5.75 Å². The molecule has 1 aromatic heterocycles. The maximum absolute atomic E-state index is 10.0. The minimum atomic E-state index is 0.0404. The molecule has 0 aliphatic rings. The second-order valence-corrected chi connectivity index (χ2v) is 6.39. The van der Waals surface area contributed by atoms with Crippen molar-refractivity contribution in [2.45, 2.75) is 0 Å². The van der Waals surface area contributed by atoms with Gasteiger partial charge in [0.2, 0.25) is 0 Å². The number of fused-ring (bicyclic) bond motifs is 2. The van der Waals surface area contributed by atoms with Crippen molar-refractivity contribution in [1.82, 2.24) is 9.97 Å². The molecule has 0 unspecified atom stereocenters. The van der Waals surface area contributed by atoms with E-state index >= 15 is 0 Å². The summed E-state index contributed by atoms with van der Waals surface area (Å²) in [6, 6.07) is 4.99. The molecule has 3 rings (SSSR count). The van der Waals surface area contributed by atoms with E-state index in [9.17, 15) is 5.11 Å². The summed E-state index contributed by atoms with van der Waals surface area (Å²) < 4.78 is 1.27. The first kappa shape index (κ1) is 13.4. The molecule has 96 valence electrons.